The molecule has 1 aliphatic rings. The molecule has 7 heteroatoms. The number of carbonyl (C=O) groups is 1. The molecule has 3 heterocycles. The van der Waals surface area contributed by atoms with Crippen molar-refractivity contribution in [2.45, 2.75) is 39.3 Å². The van der Waals surface area contributed by atoms with Gasteiger partial charge in [-0.15, -0.1) is 0 Å². The molecule has 1 aromatic carbocycles. The van der Waals surface area contributed by atoms with Gasteiger partial charge in [0.15, 0.2) is 0 Å². The van der Waals surface area contributed by atoms with Crippen molar-refractivity contribution >= 4 is 11.6 Å². The number of aromatic nitrogens is 4. The third kappa shape index (κ3) is 3.64. The molecule has 2 aromatic heterocycles. The molecule has 0 spiro atoms. The number of hydrogen-bond donors (Lipinski definition) is 1. The molecule has 1 amide bonds. The Bertz CT molecular complexity index is 953. The number of aryl methyl sites for hydroxylation is 1. The van der Waals surface area contributed by atoms with Crippen LogP contribution in [0.2, 0.25) is 0 Å². The van der Waals surface area contributed by atoms with Crippen molar-refractivity contribution < 1.29 is 9.53 Å². The number of para-hydroxylation sites is 1. The Morgan fingerprint density at radius 3 is 2.89 bits per heavy atom. The lowest BCUT2D eigenvalue weighted by Gasteiger charge is -2.09. The minimum atomic E-state index is -0.191. The van der Waals surface area contributed by atoms with Crippen LogP contribution < -0.4 is 5.32 Å². The van der Waals surface area contributed by atoms with E-state index in [1.54, 1.807) is 17.1 Å². The number of rotatable bonds is 5. The van der Waals surface area contributed by atoms with E-state index >= 15 is 0 Å². The highest BCUT2D eigenvalue weighted by atomic mass is 16.5. The van der Waals surface area contributed by atoms with Crippen molar-refractivity contribution in [2.24, 2.45) is 0 Å². The third-order valence-corrected chi connectivity index (χ3v) is 4.90. The summed E-state index contributed by atoms with van der Waals surface area (Å²) in [7, 11) is 0. The number of nitrogens with zero attached hydrogens (tertiary/aromatic N) is 4. The first kappa shape index (κ1) is 17.5. The van der Waals surface area contributed by atoms with Gasteiger partial charge in [-0.25, -0.2) is 4.68 Å². The molecule has 0 aliphatic carbocycles. The fraction of sp³-hybridized carbons (Fsp3) is 0.350. The second-order valence-electron chi connectivity index (χ2n) is 6.88. The number of benzene rings is 1. The van der Waals surface area contributed by atoms with Crippen molar-refractivity contribution in [1.82, 2.24) is 19.6 Å². The van der Waals surface area contributed by atoms with Crippen LogP contribution in [0.3, 0.4) is 0 Å². The number of amides is 1. The molecule has 140 valence electrons. The van der Waals surface area contributed by atoms with Gasteiger partial charge in [0.1, 0.15) is 0 Å². The minimum Gasteiger partial charge on any atom is -0.376 e. The molecule has 7 nitrogen and oxygen atoms in total. The lowest BCUT2D eigenvalue weighted by atomic mass is 10.2. The third-order valence-electron chi connectivity index (χ3n) is 4.90. The van der Waals surface area contributed by atoms with E-state index in [2.05, 4.69) is 15.5 Å². The first-order chi connectivity index (χ1) is 13.1. The SMILES string of the molecule is Cc1ccccc1-n1ncc(C(=O)Nc2cnn(C[C@H]3CCCO3)c2)c1C. The Morgan fingerprint density at radius 2 is 2.11 bits per heavy atom. The lowest BCUT2D eigenvalue weighted by molar-refractivity contribution is 0.0940. The van der Waals surface area contributed by atoms with Crippen molar-refractivity contribution in [3.05, 3.63) is 59.7 Å². The summed E-state index contributed by atoms with van der Waals surface area (Å²) < 4.78 is 9.24. The van der Waals surface area contributed by atoms with Crippen LogP contribution in [0.15, 0.2) is 42.9 Å². The van der Waals surface area contributed by atoms with Crippen LogP contribution >= 0.6 is 0 Å². The van der Waals surface area contributed by atoms with Crippen LogP contribution in [0.5, 0.6) is 0 Å². The fourth-order valence-electron chi connectivity index (χ4n) is 3.40. The molecule has 1 aliphatic heterocycles. The van der Waals surface area contributed by atoms with Crippen LogP contribution in [0.1, 0.15) is 34.5 Å². The van der Waals surface area contributed by atoms with Gasteiger partial charge in [-0.1, -0.05) is 18.2 Å². The zero-order valence-electron chi connectivity index (χ0n) is 15.6. The Hall–Kier alpha value is -2.93. The van der Waals surface area contributed by atoms with Crippen LogP contribution in [0.4, 0.5) is 5.69 Å². The van der Waals surface area contributed by atoms with Gasteiger partial charge in [0.05, 0.1) is 47.7 Å². The molecule has 0 unspecified atom stereocenters. The molecule has 1 N–H and O–H groups in total. The summed E-state index contributed by atoms with van der Waals surface area (Å²) in [6.45, 7) is 5.45. The normalized spacial score (nSPS) is 16.6. The molecule has 27 heavy (non-hydrogen) atoms. The molecule has 0 radical (unpaired) electrons. The van der Waals surface area contributed by atoms with E-state index < -0.39 is 0 Å². The Labute approximate surface area is 157 Å². The van der Waals surface area contributed by atoms with E-state index in [4.69, 9.17) is 4.74 Å². The summed E-state index contributed by atoms with van der Waals surface area (Å²) in [5.41, 5.74) is 4.09. The molecular weight excluding hydrogens is 342 g/mol. The van der Waals surface area contributed by atoms with Crippen LogP contribution in [0.25, 0.3) is 5.69 Å². The number of nitrogens with one attached hydrogen (secondary N) is 1. The Balaban J connectivity index is 1.47. The second-order valence-corrected chi connectivity index (χ2v) is 6.88. The molecule has 1 fully saturated rings. The molecule has 1 atom stereocenters. The Kier molecular flexibility index (Phi) is 4.77. The number of ether oxygens (including phenoxy) is 1. The molecule has 0 bridgehead atoms. The van der Waals surface area contributed by atoms with Gasteiger partial charge in [0, 0.05) is 12.8 Å². The van der Waals surface area contributed by atoms with Gasteiger partial charge in [-0.2, -0.15) is 10.2 Å². The van der Waals surface area contributed by atoms with E-state index in [-0.39, 0.29) is 12.0 Å². The summed E-state index contributed by atoms with van der Waals surface area (Å²) in [4.78, 5) is 12.7. The van der Waals surface area contributed by atoms with Gasteiger partial charge < -0.3 is 10.1 Å². The summed E-state index contributed by atoms with van der Waals surface area (Å²) in [6, 6.07) is 7.97. The molecule has 1 saturated heterocycles. The van der Waals surface area contributed by atoms with E-state index in [9.17, 15) is 4.79 Å². The molecule has 4 rings (SSSR count). The van der Waals surface area contributed by atoms with Gasteiger partial charge in [0.2, 0.25) is 0 Å². The predicted molar refractivity (Wildman–Crippen MR) is 102 cm³/mol. The smallest absolute Gasteiger partial charge is 0.259 e. The fourth-order valence-corrected chi connectivity index (χ4v) is 3.40. The van der Waals surface area contributed by atoms with Crippen molar-refractivity contribution in [1.29, 1.82) is 0 Å². The average Bonchev–Trinajstić information content (AvgIpc) is 3.38. The van der Waals surface area contributed by atoms with Crippen LogP contribution in [0, 0.1) is 13.8 Å². The Morgan fingerprint density at radius 1 is 1.26 bits per heavy atom. The summed E-state index contributed by atoms with van der Waals surface area (Å²) >= 11 is 0. The van der Waals surface area contributed by atoms with Gasteiger partial charge >= 0.3 is 0 Å². The van der Waals surface area contributed by atoms with E-state index in [0.29, 0.717) is 17.8 Å². The zero-order chi connectivity index (χ0) is 18.8. The van der Waals surface area contributed by atoms with Gasteiger partial charge in [0.25, 0.3) is 5.91 Å². The molecular formula is C20H23N5O2. The highest BCUT2D eigenvalue weighted by molar-refractivity contribution is 6.04. The quantitative estimate of drug-likeness (QED) is 0.754. The van der Waals surface area contributed by atoms with E-state index in [1.165, 1.54) is 0 Å². The minimum absolute atomic E-state index is 0.191. The van der Waals surface area contributed by atoms with Gasteiger partial charge in [-0.3, -0.25) is 9.48 Å². The molecule has 0 saturated carbocycles. The largest absolute Gasteiger partial charge is 0.376 e. The van der Waals surface area contributed by atoms with Crippen molar-refractivity contribution in [3.63, 3.8) is 0 Å². The highest BCUT2D eigenvalue weighted by Gasteiger charge is 2.18. The first-order valence-corrected chi connectivity index (χ1v) is 9.18. The summed E-state index contributed by atoms with van der Waals surface area (Å²) in [6.07, 6.45) is 7.46. The standard InChI is InChI=1S/C20H23N5O2/c1-14-6-3-4-8-19(14)25-15(2)18(11-22-25)20(26)23-16-10-21-24(12-16)13-17-7-5-9-27-17/h3-4,6,8,10-12,17H,5,7,9,13H2,1-2H3,(H,23,26)/t17-/m1/s1. The van der Waals surface area contributed by atoms with E-state index in [0.717, 1.165) is 36.4 Å². The first-order valence-electron chi connectivity index (χ1n) is 9.18. The predicted octanol–water partition coefficient (Wildman–Crippen LogP) is 3.12. The van der Waals surface area contributed by atoms with Crippen molar-refractivity contribution in [3.8, 4) is 5.69 Å². The number of anilines is 1. The van der Waals surface area contributed by atoms with Crippen LogP contribution in [-0.4, -0.2) is 38.2 Å². The maximum absolute atomic E-state index is 12.7. The second kappa shape index (κ2) is 7.36. The van der Waals surface area contributed by atoms with E-state index in [1.807, 2.05) is 49.0 Å². The zero-order valence-corrected chi connectivity index (χ0v) is 15.6. The average molecular weight is 365 g/mol. The number of carbonyl (C=O) groups excluding carboxylic acids is 1. The van der Waals surface area contributed by atoms with Crippen molar-refractivity contribution in [2.75, 3.05) is 11.9 Å². The van der Waals surface area contributed by atoms with Gasteiger partial charge in [-0.05, 0) is 38.3 Å². The highest BCUT2D eigenvalue weighted by Crippen LogP contribution is 2.19. The summed E-state index contributed by atoms with van der Waals surface area (Å²) in [5, 5.41) is 11.6. The summed E-state index contributed by atoms with van der Waals surface area (Å²) in [5.74, 6) is -0.191. The lowest BCUT2D eigenvalue weighted by Crippen LogP contribution is -2.15. The topological polar surface area (TPSA) is 74.0 Å². The van der Waals surface area contributed by atoms with Crippen LogP contribution in [-0.2, 0) is 11.3 Å². The molecule has 3 aromatic rings. The maximum Gasteiger partial charge on any atom is 0.259 e. The monoisotopic (exact) mass is 365 g/mol. The maximum atomic E-state index is 12.7. The number of hydrogen-bond acceptors (Lipinski definition) is 4.